The lowest BCUT2D eigenvalue weighted by Crippen LogP contribution is -2.20. The Labute approximate surface area is 131 Å². The summed E-state index contributed by atoms with van der Waals surface area (Å²) in [6.07, 6.45) is -0.986. The van der Waals surface area contributed by atoms with Gasteiger partial charge in [0.05, 0.1) is 12.3 Å². The molecule has 1 rings (SSSR count). The number of hydrogen-bond donors (Lipinski definition) is 0. The summed E-state index contributed by atoms with van der Waals surface area (Å²) >= 11 is 0. The zero-order chi connectivity index (χ0) is 19.0. The summed E-state index contributed by atoms with van der Waals surface area (Å²) in [7, 11) is -8.97. The molecule has 132 valence electrons. The molecule has 1 aromatic rings. The van der Waals surface area contributed by atoms with Crippen molar-refractivity contribution in [1.29, 1.82) is 5.26 Å². The van der Waals surface area contributed by atoms with Crippen molar-refractivity contribution in [2.75, 3.05) is 6.26 Å². The van der Waals surface area contributed by atoms with Crippen LogP contribution in [0.2, 0.25) is 0 Å². The van der Waals surface area contributed by atoms with Gasteiger partial charge in [-0.3, -0.25) is 9.59 Å². The summed E-state index contributed by atoms with van der Waals surface area (Å²) in [5, 5.41) is 8.64. The molecule has 0 aliphatic heterocycles. The second-order valence-electron chi connectivity index (χ2n) is 4.26. The van der Waals surface area contributed by atoms with Crippen LogP contribution in [0.15, 0.2) is 30.3 Å². The Kier molecular flexibility index (Phi) is 7.65. The molecule has 0 saturated heterocycles. The first-order valence-corrected chi connectivity index (χ1v) is 8.70. The van der Waals surface area contributed by atoms with Crippen LogP contribution in [-0.2, 0) is 4.79 Å². The van der Waals surface area contributed by atoms with Crippen LogP contribution in [0.5, 0.6) is 0 Å². The first-order chi connectivity index (χ1) is 10.1. The summed E-state index contributed by atoms with van der Waals surface area (Å²) in [5.41, 5.74) is 0.397. The molecule has 0 spiro atoms. The Hall–Kier alpha value is -1.95. The van der Waals surface area contributed by atoms with E-state index in [0.29, 0.717) is 5.56 Å². The second kappa shape index (κ2) is 7.55. The highest BCUT2D eigenvalue weighted by molar-refractivity contribution is 8.45. The molecule has 23 heavy (non-hydrogen) atoms. The van der Waals surface area contributed by atoms with E-state index in [1.54, 1.807) is 36.4 Å². The molecule has 0 radical (unpaired) electrons. The van der Waals surface area contributed by atoms with Gasteiger partial charge in [0.15, 0.2) is 17.5 Å². The Balaban J connectivity index is 0. The van der Waals surface area contributed by atoms with Gasteiger partial charge in [0.2, 0.25) is 0 Å². The Bertz CT molecular complexity index is 565. The molecule has 0 heterocycles. The Morgan fingerprint density at radius 3 is 1.65 bits per heavy atom. The van der Waals surface area contributed by atoms with Crippen LogP contribution in [0.4, 0.5) is 19.4 Å². The number of nitrogens with zero attached hydrogens (tertiary/aromatic N) is 1. The van der Waals surface area contributed by atoms with Crippen molar-refractivity contribution in [2.45, 2.75) is 20.8 Å². The molecule has 1 aromatic carbocycles. The van der Waals surface area contributed by atoms with Gasteiger partial charge in [-0.05, 0) is 6.92 Å². The number of benzene rings is 1. The van der Waals surface area contributed by atoms with Gasteiger partial charge in [0.1, 0.15) is 0 Å². The number of nitriles is 1. The smallest absolute Gasteiger partial charge is 0.283 e. The molecule has 0 bridgehead atoms. The van der Waals surface area contributed by atoms with Crippen molar-refractivity contribution in [3.8, 4) is 6.07 Å². The maximum atomic E-state index is 11.6. The van der Waals surface area contributed by atoms with E-state index in [-0.39, 0.29) is 0 Å². The molecule has 1 unspecified atom stereocenters. The van der Waals surface area contributed by atoms with Gasteiger partial charge in [-0.25, -0.2) is 0 Å². The number of rotatable bonds is 3. The summed E-state index contributed by atoms with van der Waals surface area (Å²) in [5.74, 6) is -2.01. The molecule has 1 atom stereocenters. The fourth-order valence-corrected chi connectivity index (χ4v) is 1.10. The summed E-state index contributed by atoms with van der Waals surface area (Å²) < 4.78 is 52.6. The van der Waals surface area contributed by atoms with Gasteiger partial charge in [0, 0.05) is 5.56 Å². The first-order valence-electron chi connectivity index (χ1n) is 6.34. The Morgan fingerprint density at radius 2 is 1.39 bits per heavy atom. The average Bonchev–Trinajstić information content (AvgIpc) is 2.39. The third kappa shape index (κ3) is 16.2. The van der Waals surface area contributed by atoms with Crippen molar-refractivity contribution in [2.24, 2.45) is 5.92 Å². The molecule has 0 saturated carbocycles. The number of ketones is 2. The molecule has 0 fully saturated rings. The van der Waals surface area contributed by atoms with Crippen LogP contribution in [0.3, 0.4) is 0 Å². The lowest BCUT2D eigenvalue weighted by atomic mass is 9.96. The number of halogens is 5. The highest BCUT2D eigenvalue weighted by Gasteiger charge is 2.57. The first kappa shape index (κ1) is 23.3. The zero-order valence-corrected chi connectivity index (χ0v) is 13.8. The highest BCUT2D eigenvalue weighted by Crippen LogP contribution is 2.95. The minimum Gasteiger partial charge on any atom is -0.298 e. The number of carbonyl (C=O) groups excluding carboxylic acids is 2. The molecule has 3 nitrogen and oxygen atoms in total. The van der Waals surface area contributed by atoms with Crippen molar-refractivity contribution < 1.29 is 29.0 Å². The third-order valence-corrected chi connectivity index (χ3v) is 1.86. The monoisotopic (exact) mass is 359 g/mol. The highest BCUT2D eigenvalue weighted by atomic mass is 32.5. The van der Waals surface area contributed by atoms with Crippen LogP contribution in [0, 0.1) is 17.2 Å². The number of carbonyl (C=O) groups is 2. The van der Waals surface area contributed by atoms with Crippen LogP contribution in [0.25, 0.3) is 0 Å². The molecule has 0 aliphatic carbocycles. The van der Waals surface area contributed by atoms with Crippen molar-refractivity contribution in [1.82, 2.24) is 0 Å². The van der Waals surface area contributed by atoms with E-state index in [9.17, 15) is 29.0 Å². The summed E-state index contributed by atoms with van der Waals surface area (Å²) in [4.78, 5) is 22.5. The largest absolute Gasteiger partial charge is 0.298 e. The van der Waals surface area contributed by atoms with Gasteiger partial charge in [-0.15, -0.1) is 0 Å². The SMILES string of the molecule is CC.CC(=O)C(C#N)C(=O)c1ccccc1.CS(F)(F)(F)(F)F. The second-order valence-corrected chi connectivity index (χ2v) is 6.97. The van der Waals surface area contributed by atoms with Gasteiger partial charge >= 0.3 is 0 Å². The molecule has 0 N–H and O–H groups in total. The van der Waals surface area contributed by atoms with Gasteiger partial charge in [-0.1, -0.05) is 63.6 Å². The van der Waals surface area contributed by atoms with Gasteiger partial charge in [0.25, 0.3) is 10.2 Å². The van der Waals surface area contributed by atoms with Crippen LogP contribution < -0.4 is 0 Å². The number of hydrogen-bond acceptors (Lipinski definition) is 3. The van der Waals surface area contributed by atoms with Crippen molar-refractivity contribution in [3.05, 3.63) is 35.9 Å². The molecular formula is C14H18F5NO2S. The normalized spacial score (nSPS) is 14.3. The lowest BCUT2D eigenvalue weighted by Gasteiger charge is -2.35. The van der Waals surface area contributed by atoms with Gasteiger partial charge < -0.3 is 0 Å². The zero-order valence-electron chi connectivity index (χ0n) is 13.0. The van der Waals surface area contributed by atoms with E-state index in [1.165, 1.54) is 6.92 Å². The summed E-state index contributed by atoms with van der Waals surface area (Å²) in [6, 6.07) is 10.0. The topological polar surface area (TPSA) is 57.9 Å². The van der Waals surface area contributed by atoms with E-state index in [0.717, 1.165) is 0 Å². The van der Waals surface area contributed by atoms with Crippen LogP contribution >= 0.6 is 10.2 Å². The van der Waals surface area contributed by atoms with E-state index < -0.39 is 34.0 Å². The van der Waals surface area contributed by atoms with E-state index >= 15 is 0 Å². The predicted molar refractivity (Wildman–Crippen MR) is 81.0 cm³/mol. The fraction of sp³-hybridized carbons (Fsp3) is 0.357. The quantitative estimate of drug-likeness (QED) is 0.404. The summed E-state index contributed by atoms with van der Waals surface area (Å²) in [6.45, 7) is 5.24. The minimum atomic E-state index is -8.97. The molecule has 0 aliphatic rings. The molecule has 0 amide bonds. The minimum absolute atomic E-state index is 0.397. The van der Waals surface area contributed by atoms with Crippen LogP contribution in [-0.4, -0.2) is 17.8 Å². The lowest BCUT2D eigenvalue weighted by molar-refractivity contribution is -0.118. The standard InChI is InChI=1S/C11H9NO2.C2H6.CH3F5S/c1-8(13)10(7-12)11(14)9-5-3-2-4-6-9;1-2;1-7(2,3,4,5)6/h2-6,10H,1H3;1-2H3;1H3. The molecule has 9 heteroatoms. The Morgan fingerprint density at radius 1 is 1.04 bits per heavy atom. The van der Waals surface area contributed by atoms with Crippen LogP contribution in [0.1, 0.15) is 31.1 Å². The number of Topliss-reactive ketones (excluding diaryl/α,β-unsaturated/α-hetero) is 2. The van der Waals surface area contributed by atoms with E-state index in [4.69, 9.17) is 5.26 Å². The van der Waals surface area contributed by atoms with Gasteiger partial charge in [-0.2, -0.15) is 5.26 Å². The molecule has 0 aromatic heterocycles. The van der Waals surface area contributed by atoms with Crippen molar-refractivity contribution >= 4 is 21.8 Å². The van der Waals surface area contributed by atoms with E-state index in [2.05, 4.69) is 0 Å². The third-order valence-electron chi connectivity index (χ3n) is 1.86. The fourth-order valence-electron chi connectivity index (χ4n) is 1.10. The van der Waals surface area contributed by atoms with E-state index in [1.807, 2.05) is 13.8 Å². The maximum Gasteiger partial charge on any atom is 0.283 e. The molecular weight excluding hydrogens is 341 g/mol. The maximum absolute atomic E-state index is 11.6. The predicted octanol–water partition coefficient (Wildman–Crippen LogP) is 5.54. The average molecular weight is 359 g/mol. The van der Waals surface area contributed by atoms with Crippen molar-refractivity contribution in [3.63, 3.8) is 0 Å².